The quantitative estimate of drug-likeness (QED) is 0.750. The number of fused-ring (bicyclic) bond motifs is 3. The predicted octanol–water partition coefficient (Wildman–Crippen LogP) is 1.65. The second-order valence-electron chi connectivity index (χ2n) is 9.59. The molecular formula is C23H25FN2O4. The van der Waals surface area contributed by atoms with Crippen molar-refractivity contribution in [1.82, 2.24) is 4.90 Å². The van der Waals surface area contributed by atoms with Crippen LogP contribution in [-0.2, 0) is 14.3 Å². The minimum Gasteiger partial charge on any atom is -0.392 e. The third kappa shape index (κ3) is 2.36. The number of hydrogen-bond donors (Lipinski definition) is 1. The highest BCUT2D eigenvalue weighted by Crippen LogP contribution is 2.53. The Balaban J connectivity index is 1.31. The Bertz CT molecular complexity index is 966. The second-order valence-corrected chi connectivity index (χ2v) is 9.59. The normalized spacial score (nSPS) is 41.1. The standard InChI is InChI=1S/C23H25FN2O4/c1-12-8-15(24)4-5-16(12)26-11-23-7-6-17(30-23)18(19(23)22(26)29)21(28)25-9-13-2-3-14(10-25)20(13)27/h4-8,13-14,17-20,27H,2-3,9-11H2,1H3/t13-,14+,17-,18+,19-,20?,23-/m0/s1. The van der Waals surface area contributed by atoms with Crippen molar-refractivity contribution in [3.8, 4) is 0 Å². The lowest BCUT2D eigenvalue weighted by Gasteiger charge is -2.38. The predicted molar refractivity (Wildman–Crippen MR) is 106 cm³/mol. The molecular weight excluding hydrogens is 387 g/mol. The van der Waals surface area contributed by atoms with Gasteiger partial charge in [0.25, 0.3) is 0 Å². The molecule has 1 spiro atoms. The average Bonchev–Trinajstić information content (AvgIpc) is 3.39. The van der Waals surface area contributed by atoms with Crippen LogP contribution in [0, 0.1) is 36.4 Å². The van der Waals surface area contributed by atoms with Crippen LogP contribution in [0.1, 0.15) is 18.4 Å². The third-order valence-corrected chi connectivity index (χ3v) is 7.93. The molecule has 6 nitrogen and oxygen atoms in total. The Labute approximate surface area is 174 Å². The van der Waals surface area contributed by atoms with Gasteiger partial charge < -0.3 is 19.6 Å². The van der Waals surface area contributed by atoms with Crippen molar-refractivity contribution in [2.45, 2.75) is 37.6 Å². The molecule has 1 aromatic carbocycles. The first-order valence-electron chi connectivity index (χ1n) is 10.8. The Morgan fingerprint density at radius 3 is 2.70 bits per heavy atom. The molecule has 5 aliphatic rings. The number of hydrogen-bond acceptors (Lipinski definition) is 4. The van der Waals surface area contributed by atoms with Crippen LogP contribution in [-0.4, -0.2) is 59.3 Å². The Morgan fingerprint density at radius 1 is 1.27 bits per heavy atom. The molecule has 7 atom stereocenters. The second kappa shape index (κ2) is 6.14. The van der Waals surface area contributed by atoms with E-state index in [-0.39, 0.29) is 41.7 Å². The monoisotopic (exact) mass is 412 g/mol. The molecule has 1 N–H and O–H groups in total. The molecule has 0 radical (unpaired) electrons. The highest BCUT2D eigenvalue weighted by molar-refractivity contribution is 6.03. The highest BCUT2D eigenvalue weighted by Gasteiger charge is 2.67. The molecule has 3 saturated heterocycles. The van der Waals surface area contributed by atoms with Gasteiger partial charge >= 0.3 is 0 Å². The number of carbonyl (C=O) groups excluding carboxylic acids is 2. The lowest BCUT2D eigenvalue weighted by molar-refractivity contribution is -0.144. The van der Waals surface area contributed by atoms with E-state index >= 15 is 0 Å². The maximum atomic E-state index is 13.6. The van der Waals surface area contributed by atoms with Crippen molar-refractivity contribution in [1.29, 1.82) is 0 Å². The minimum atomic E-state index is -0.794. The van der Waals surface area contributed by atoms with Crippen molar-refractivity contribution in [3.63, 3.8) is 0 Å². The van der Waals surface area contributed by atoms with Gasteiger partial charge in [-0.25, -0.2) is 4.39 Å². The summed E-state index contributed by atoms with van der Waals surface area (Å²) >= 11 is 0. The number of halogens is 1. The molecule has 1 saturated carbocycles. The van der Waals surface area contributed by atoms with Crippen LogP contribution in [0.15, 0.2) is 30.4 Å². The molecule has 0 aromatic heterocycles. The van der Waals surface area contributed by atoms with Crippen LogP contribution in [0.5, 0.6) is 0 Å². The molecule has 4 aliphatic heterocycles. The van der Waals surface area contributed by atoms with Crippen molar-refractivity contribution >= 4 is 17.5 Å². The van der Waals surface area contributed by atoms with Gasteiger partial charge in [-0.1, -0.05) is 12.2 Å². The van der Waals surface area contributed by atoms with Crippen LogP contribution < -0.4 is 4.90 Å². The first kappa shape index (κ1) is 18.5. The third-order valence-electron chi connectivity index (χ3n) is 7.93. The van der Waals surface area contributed by atoms with Crippen LogP contribution >= 0.6 is 0 Å². The summed E-state index contributed by atoms with van der Waals surface area (Å²) in [4.78, 5) is 30.6. The largest absolute Gasteiger partial charge is 0.392 e. The van der Waals surface area contributed by atoms with E-state index in [4.69, 9.17) is 4.74 Å². The Hall–Kier alpha value is -2.25. The fourth-order valence-electron chi connectivity index (χ4n) is 6.49. The zero-order valence-corrected chi connectivity index (χ0v) is 16.8. The molecule has 30 heavy (non-hydrogen) atoms. The number of aliphatic hydroxyl groups is 1. The summed E-state index contributed by atoms with van der Waals surface area (Å²) in [5.74, 6) is -1.34. The van der Waals surface area contributed by atoms with Gasteiger partial charge in [0.05, 0.1) is 30.6 Å². The molecule has 1 unspecified atom stereocenters. The summed E-state index contributed by atoms with van der Waals surface area (Å²) in [6.45, 7) is 3.23. The van der Waals surface area contributed by atoms with E-state index in [1.54, 1.807) is 17.9 Å². The van der Waals surface area contributed by atoms with Crippen LogP contribution in [0.25, 0.3) is 0 Å². The fraction of sp³-hybridized carbons (Fsp3) is 0.565. The molecule has 6 rings (SSSR count). The number of ether oxygens (including phenoxy) is 1. The molecule has 4 heterocycles. The minimum absolute atomic E-state index is 0.0361. The van der Waals surface area contributed by atoms with E-state index in [0.29, 0.717) is 30.9 Å². The molecule has 2 amide bonds. The van der Waals surface area contributed by atoms with Gasteiger partial charge in [-0.2, -0.15) is 0 Å². The van der Waals surface area contributed by atoms with Gasteiger partial charge in [0.15, 0.2) is 0 Å². The van der Waals surface area contributed by atoms with Crippen LogP contribution in [0.4, 0.5) is 10.1 Å². The first-order chi connectivity index (χ1) is 14.4. The van der Waals surface area contributed by atoms with E-state index in [1.807, 2.05) is 17.1 Å². The van der Waals surface area contributed by atoms with E-state index in [0.717, 1.165) is 12.8 Å². The number of nitrogens with zero attached hydrogens (tertiary/aromatic N) is 2. The number of amides is 2. The fourth-order valence-corrected chi connectivity index (χ4v) is 6.49. The number of anilines is 1. The van der Waals surface area contributed by atoms with Crippen LogP contribution in [0.3, 0.4) is 0 Å². The molecule has 158 valence electrons. The first-order valence-corrected chi connectivity index (χ1v) is 10.8. The summed E-state index contributed by atoms with van der Waals surface area (Å²) in [5, 5.41) is 10.3. The molecule has 4 bridgehead atoms. The maximum absolute atomic E-state index is 13.6. The Morgan fingerprint density at radius 2 is 2.00 bits per heavy atom. The van der Waals surface area contributed by atoms with Gasteiger partial charge in [-0.15, -0.1) is 0 Å². The van der Waals surface area contributed by atoms with Gasteiger partial charge in [-0.3, -0.25) is 9.59 Å². The van der Waals surface area contributed by atoms with E-state index in [2.05, 4.69) is 0 Å². The smallest absolute Gasteiger partial charge is 0.234 e. The van der Waals surface area contributed by atoms with Crippen molar-refractivity contribution in [2.24, 2.45) is 23.7 Å². The highest BCUT2D eigenvalue weighted by atomic mass is 19.1. The molecule has 1 aromatic rings. The SMILES string of the molecule is Cc1cc(F)ccc1N1C[C@]23C=C[C@H](O2)[C@@H](C(=O)N2C[C@H]4CC[C@@H](C2)C4O)[C@H]3C1=O. The number of aryl methyl sites for hydroxylation is 1. The van der Waals surface area contributed by atoms with Crippen molar-refractivity contribution in [2.75, 3.05) is 24.5 Å². The van der Waals surface area contributed by atoms with Gasteiger partial charge in [0.2, 0.25) is 11.8 Å². The summed E-state index contributed by atoms with van der Waals surface area (Å²) < 4.78 is 19.8. The number of benzene rings is 1. The number of rotatable bonds is 2. The molecule has 4 fully saturated rings. The van der Waals surface area contributed by atoms with Crippen LogP contribution in [0.2, 0.25) is 0 Å². The molecule has 1 aliphatic carbocycles. The number of likely N-dealkylation sites (tertiary alicyclic amines) is 1. The Kier molecular flexibility index (Phi) is 3.79. The number of piperidine rings is 1. The number of aliphatic hydroxyl groups excluding tert-OH is 1. The van der Waals surface area contributed by atoms with Gasteiger partial charge in [0, 0.05) is 30.6 Å². The zero-order chi connectivity index (χ0) is 20.8. The van der Waals surface area contributed by atoms with E-state index in [1.165, 1.54) is 12.1 Å². The topological polar surface area (TPSA) is 70.1 Å². The van der Waals surface area contributed by atoms with Crippen molar-refractivity contribution < 1.29 is 23.8 Å². The lowest BCUT2D eigenvalue weighted by atomic mass is 9.76. The van der Waals surface area contributed by atoms with E-state index in [9.17, 15) is 19.1 Å². The van der Waals surface area contributed by atoms with E-state index < -0.39 is 17.4 Å². The summed E-state index contributed by atoms with van der Waals surface area (Å²) in [6, 6.07) is 4.39. The lowest BCUT2D eigenvalue weighted by Crippen LogP contribution is -2.52. The summed E-state index contributed by atoms with van der Waals surface area (Å²) in [6.07, 6.45) is 5.05. The molecule has 7 heteroatoms. The number of carbonyl (C=O) groups is 2. The summed E-state index contributed by atoms with van der Waals surface area (Å²) in [5.41, 5.74) is 0.552. The maximum Gasteiger partial charge on any atom is 0.234 e. The average molecular weight is 412 g/mol. The summed E-state index contributed by atoms with van der Waals surface area (Å²) in [7, 11) is 0. The van der Waals surface area contributed by atoms with Gasteiger partial charge in [0.1, 0.15) is 11.4 Å². The zero-order valence-electron chi connectivity index (χ0n) is 16.8. The van der Waals surface area contributed by atoms with Gasteiger partial charge in [-0.05, 0) is 43.5 Å². The van der Waals surface area contributed by atoms with Crippen molar-refractivity contribution in [3.05, 3.63) is 41.7 Å².